The van der Waals surface area contributed by atoms with Gasteiger partial charge in [-0.25, -0.2) is 0 Å². The second kappa shape index (κ2) is 5.83. The van der Waals surface area contributed by atoms with Crippen molar-refractivity contribution < 1.29 is 16.4 Å². The fourth-order valence-corrected chi connectivity index (χ4v) is 3.22. The first-order chi connectivity index (χ1) is 8.68. The number of phenols is 1. The van der Waals surface area contributed by atoms with Crippen molar-refractivity contribution in [1.82, 2.24) is 0 Å². The molecule has 0 spiro atoms. The Morgan fingerprint density at radius 3 is 2.28 bits per heavy atom. The molecule has 18 heavy (non-hydrogen) atoms. The third-order valence-corrected chi connectivity index (χ3v) is 4.79. The summed E-state index contributed by atoms with van der Waals surface area (Å²) in [4.78, 5) is 11.7. The van der Waals surface area contributed by atoms with Crippen LogP contribution < -0.4 is 0 Å². The predicted octanol–water partition coefficient (Wildman–Crippen LogP) is 2.75. The van der Waals surface area contributed by atoms with Crippen LogP contribution in [0.4, 0.5) is 0 Å². The molecule has 0 aromatic heterocycles. The van der Waals surface area contributed by atoms with Crippen LogP contribution >= 0.6 is 20.6 Å². The molecule has 0 aliphatic heterocycles. The van der Waals surface area contributed by atoms with Crippen molar-refractivity contribution in [2.24, 2.45) is 0 Å². The summed E-state index contributed by atoms with van der Waals surface area (Å²) in [6.07, 6.45) is 0. The van der Waals surface area contributed by atoms with Gasteiger partial charge in [0.15, 0.2) is 0 Å². The minimum absolute atomic E-state index is 0.0600. The van der Waals surface area contributed by atoms with Crippen LogP contribution in [0.2, 0.25) is 0 Å². The van der Waals surface area contributed by atoms with Gasteiger partial charge in [0, 0.05) is 0 Å². The van der Waals surface area contributed by atoms with Gasteiger partial charge in [0.2, 0.25) is 0 Å². The maximum atomic E-state index is 11.7. The summed E-state index contributed by atoms with van der Waals surface area (Å²) in [7, 11) is 0. The number of hydrogen-bond donors (Lipinski definition) is 2. The summed E-state index contributed by atoms with van der Waals surface area (Å²) in [5.41, 5.74) is 0.0600. The monoisotopic (exact) mass is 358 g/mol. The van der Waals surface area contributed by atoms with E-state index >= 15 is 0 Å². The van der Waals surface area contributed by atoms with E-state index in [0.717, 1.165) is 0 Å². The molecular weight excluding hydrogens is 347 g/mol. The van der Waals surface area contributed by atoms with E-state index in [1.165, 1.54) is 12.1 Å². The zero-order chi connectivity index (χ0) is 13.0. The van der Waals surface area contributed by atoms with E-state index in [2.05, 4.69) is 0 Å². The van der Waals surface area contributed by atoms with Crippen LogP contribution in [0.3, 0.4) is 0 Å². The number of aromatic hydroxyl groups is 1. The summed E-state index contributed by atoms with van der Waals surface area (Å²) in [5, 5.41) is 9.50. The number of halogens is 1. The molecule has 0 radical (unpaired) electrons. The molecule has 94 valence electrons. The number of hydrogen-bond acceptors (Lipinski definition) is 4. The van der Waals surface area contributed by atoms with Gasteiger partial charge < -0.3 is 0 Å². The summed E-state index contributed by atoms with van der Waals surface area (Å²) in [5.74, 6) is -0.857. The molecule has 0 heterocycles. The SMILES string of the molecule is O=C(OI(O)c1ccccc1)c1ccccc1O. The van der Waals surface area contributed by atoms with E-state index in [0.29, 0.717) is 3.57 Å². The first kappa shape index (κ1) is 12.8. The van der Waals surface area contributed by atoms with E-state index in [4.69, 9.17) is 3.07 Å². The van der Waals surface area contributed by atoms with E-state index in [-0.39, 0.29) is 11.3 Å². The van der Waals surface area contributed by atoms with Crippen molar-refractivity contribution >= 4 is 26.6 Å². The van der Waals surface area contributed by atoms with Crippen LogP contribution in [0.5, 0.6) is 5.75 Å². The molecule has 0 saturated carbocycles. The molecule has 5 heteroatoms. The quantitative estimate of drug-likeness (QED) is 0.829. The topological polar surface area (TPSA) is 66.8 Å². The number of rotatable bonds is 3. The van der Waals surface area contributed by atoms with Gasteiger partial charge in [0.05, 0.1) is 0 Å². The van der Waals surface area contributed by atoms with Crippen molar-refractivity contribution in [3.8, 4) is 5.75 Å². The normalized spacial score (nSPS) is 10.8. The predicted molar refractivity (Wildman–Crippen MR) is 74.9 cm³/mol. The first-order valence-electron chi connectivity index (χ1n) is 5.13. The Hall–Kier alpha value is -1.60. The molecule has 2 rings (SSSR count). The fraction of sp³-hybridized carbons (Fsp3) is 0. The minimum atomic E-state index is -2.95. The molecule has 2 aromatic rings. The Kier molecular flexibility index (Phi) is 4.16. The van der Waals surface area contributed by atoms with E-state index in [1.54, 1.807) is 36.4 Å². The van der Waals surface area contributed by atoms with Gasteiger partial charge in [-0.05, 0) is 0 Å². The second-order valence-corrected chi connectivity index (χ2v) is 6.41. The molecule has 0 aliphatic carbocycles. The maximum absolute atomic E-state index is 11.7. The van der Waals surface area contributed by atoms with Crippen LogP contribution in [0.25, 0.3) is 0 Å². The average molecular weight is 358 g/mol. The Bertz CT molecular complexity index is 542. The van der Waals surface area contributed by atoms with Gasteiger partial charge in [-0.3, -0.25) is 0 Å². The second-order valence-electron chi connectivity index (χ2n) is 3.41. The fourth-order valence-electron chi connectivity index (χ4n) is 1.32. The van der Waals surface area contributed by atoms with E-state index in [1.807, 2.05) is 6.07 Å². The van der Waals surface area contributed by atoms with Gasteiger partial charge in [-0.2, -0.15) is 0 Å². The van der Waals surface area contributed by atoms with E-state index in [9.17, 15) is 13.3 Å². The van der Waals surface area contributed by atoms with Crippen LogP contribution in [0.15, 0.2) is 54.6 Å². The van der Waals surface area contributed by atoms with Gasteiger partial charge >= 0.3 is 113 Å². The van der Waals surface area contributed by atoms with Gasteiger partial charge in [-0.1, -0.05) is 0 Å². The summed E-state index contributed by atoms with van der Waals surface area (Å²) >= 11 is -2.95. The summed E-state index contributed by atoms with van der Waals surface area (Å²) < 4.78 is 15.5. The Morgan fingerprint density at radius 1 is 1.00 bits per heavy atom. The van der Waals surface area contributed by atoms with Gasteiger partial charge in [0.25, 0.3) is 0 Å². The standard InChI is InChI=1S/C13H11IO4/c15-12-9-5-4-8-11(12)13(16)18-14(17)10-6-2-1-3-7-10/h1-9,15,17H. The summed E-state index contributed by atoms with van der Waals surface area (Å²) in [6.45, 7) is 0. The van der Waals surface area contributed by atoms with Crippen molar-refractivity contribution in [3.63, 3.8) is 0 Å². The van der Waals surface area contributed by atoms with Gasteiger partial charge in [-0.15, -0.1) is 0 Å². The summed E-state index contributed by atoms with van der Waals surface area (Å²) in [6, 6.07) is 14.9. The average Bonchev–Trinajstić information content (AvgIpc) is 2.40. The number of phenolic OH excluding ortho intramolecular Hbond substituents is 1. The molecular formula is C13H11IO4. The van der Waals surface area contributed by atoms with Crippen molar-refractivity contribution in [2.75, 3.05) is 0 Å². The zero-order valence-electron chi connectivity index (χ0n) is 9.29. The third-order valence-electron chi connectivity index (χ3n) is 2.19. The molecule has 0 aliphatic rings. The molecule has 0 saturated heterocycles. The Morgan fingerprint density at radius 2 is 1.61 bits per heavy atom. The number of benzene rings is 2. The zero-order valence-corrected chi connectivity index (χ0v) is 11.4. The molecule has 4 nitrogen and oxygen atoms in total. The molecule has 0 fully saturated rings. The number of carbonyl (C=O) groups is 1. The van der Waals surface area contributed by atoms with Crippen LogP contribution in [-0.4, -0.2) is 14.5 Å². The van der Waals surface area contributed by atoms with E-state index < -0.39 is 26.6 Å². The van der Waals surface area contributed by atoms with Crippen LogP contribution in [0, 0.1) is 3.57 Å². The molecule has 2 N–H and O–H groups in total. The van der Waals surface area contributed by atoms with Gasteiger partial charge in [0.1, 0.15) is 0 Å². The van der Waals surface area contributed by atoms with Crippen molar-refractivity contribution in [3.05, 3.63) is 63.7 Å². The first-order valence-corrected chi connectivity index (χ1v) is 8.06. The van der Waals surface area contributed by atoms with Crippen molar-refractivity contribution in [2.45, 2.75) is 0 Å². The Labute approximate surface area is 112 Å². The molecule has 0 atom stereocenters. The number of carbonyl (C=O) groups excluding carboxylic acids is 1. The molecule has 0 unspecified atom stereocenters. The third kappa shape index (κ3) is 2.99. The van der Waals surface area contributed by atoms with Crippen LogP contribution in [-0.2, 0) is 3.07 Å². The molecule has 0 bridgehead atoms. The number of para-hydroxylation sites is 1. The van der Waals surface area contributed by atoms with Crippen molar-refractivity contribution in [1.29, 1.82) is 0 Å². The Balaban J connectivity index is 2.11. The van der Waals surface area contributed by atoms with Crippen LogP contribution in [0.1, 0.15) is 10.4 Å². The molecule has 2 aromatic carbocycles. The molecule has 0 amide bonds.